The number of rotatable bonds is 4. The summed E-state index contributed by atoms with van der Waals surface area (Å²) in [6.07, 6.45) is 6.38. The van der Waals surface area contributed by atoms with Crippen LogP contribution in [0.4, 0.5) is 0 Å². The van der Waals surface area contributed by atoms with Gasteiger partial charge in [0.15, 0.2) is 0 Å². The Balaban J connectivity index is 1.79. The Labute approximate surface area is 118 Å². The minimum atomic E-state index is -0.513. The lowest BCUT2D eigenvalue weighted by atomic mass is 10.00. The molecule has 0 aliphatic carbocycles. The summed E-state index contributed by atoms with van der Waals surface area (Å²) in [7, 11) is 0. The molecule has 2 fully saturated rings. The van der Waals surface area contributed by atoms with Crippen molar-refractivity contribution in [3.63, 3.8) is 0 Å². The van der Waals surface area contributed by atoms with Gasteiger partial charge in [-0.1, -0.05) is 0 Å². The number of likely N-dealkylation sites (tertiary alicyclic amines) is 1. The van der Waals surface area contributed by atoms with Gasteiger partial charge in [0, 0.05) is 32.3 Å². The number of allylic oxidation sites excluding steroid dienone is 1. The van der Waals surface area contributed by atoms with Gasteiger partial charge in [-0.2, -0.15) is 0 Å². The Bertz CT molecular complexity index is 383. The summed E-state index contributed by atoms with van der Waals surface area (Å²) in [5, 5.41) is 10.6. The van der Waals surface area contributed by atoms with Crippen molar-refractivity contribution >= 4 is 6.21 Å². The lowest BCUT2D eigenvalue weighted by Gasteiger charge is -2.38. The van der Waals surface area contributed by atoms with Crippen LogP contribution in [0.3, 0.4) is 0 Å². The first-order valence-corrected chi connectivity index (χ1v) is 7.12. The molecule has 7 heteroatoms. The molecule has 0 aromatic carbocycles. The topological polar surface area (TPSA) is 94.0 Å². The van der Waals surface area contributed by atoms with E-state index in [-0.39, 0.29) is 11.7 Å². The molecule has 2 rings (SSSR count). The molecule has 20 heavy (non-hydrogen) atoms. The highest BCUT2D eigenvalue weighted by Crippen LogP contribution is 2.21. The van der Waals surface area contributed by atoms with Gasteiger partial charge in [0.2, 0.25) is 0 Å². The van der Waals surface area contributed by atoms with Crippen molar-refractivity contribution in [3.05, 3.63) is 22.0 Å². The van der Waals surface area contributed by atoms with Gasteiger partial charge in [-0.15, -0.1) is 0 Å². The van der Waals surface area contributed by atoms with Crippen molar-refractivity contribution in [2.24, 2.45) is 10.7 Å². The molecule has 0 atom stereocenters. The second kappa shape index (κ2) is 7.35. The molecular formula is C13H22N4O3. The minimum Gasteiger partial charge on any atom is -0.399 e. The average molecular weight is 282 g/mol. The predicted octanol–water partition coefficient (Wildman–Crippen LogP) is 0.777. The van der Waals surface area contributed by atoms with Crippen LogP contribution < -0.4 is 5.73 Å². The summed E-state index contributed by atoms with van der Waals surface area (Å²) in [6, 6.07) is 0.799. The molecule has 0 unspecified atom stereocenters. The minimum absolute atomic E-state index is 0.142. The molecule has 0 aromatic rings. The fourth-order valence-corrected chi connectivity index (χ4v) is 2.78. The van der Waals surface area contributed by atoms with Crippen LogP contribution in [0.5, 0.6) is 0 Å². The number of ether oxygens (including phenoxy) is 1. The van der Waals surface area contributed by atoms with Crippen molar-refractivity contribution in [3.8, 4) is 0 Å². The molecular weight excluding hydrogens is 260 g/mol. The highest BCUT2D eigenvalue weighted by Gasteiger charge is 2.26. The number of hydrogen-bond donors (Lipinski definition) is 1. The zero-order valence-corrected chi connectivity index (χ0v) is 11.6. The van der Waals surface area contributed by atoms with Crippen LogP contribution in [0.2, 0.25) is 0 Å². The van der Waals surface area contributed by atoms with Gasteiger partial charge in [0.25, 0.3) is 0 Å². The van der Waals surface area contributed by atoms with Crippen molar-refractivity contribution in [1.29, 1.82) is 0 Å². The van der Waals surface area contributed by atoms with E-state index in [1.54, 1.807) is 0 Å². The largest absolute Gasteiger partial charge is 0.399 e. The second-order valence-corrected chi connectivity index (χ2v) is 5.24. The van der Waals surface area contributed by atoms with Crippen molar-refractivity contribution in [2.45, 2.75) is 37.8 Å². The smallest absolute Gasteiger partial charge is 0.302 e. The first kappa shape index (κ1) is 14.9. The van der Waals surface area contributed by atoms with Gasteiger partial charge < -0.3 is 15.4 Å². The molecule has 0 aromatic heterocycles. The highest BCUT2D eigenvalue weighted by atomic mass is 16.6. The van der Waals surface area contributed by atoms with Crippen molar-refractivity contribution in [1.82, 2.24) is 4.90 Å². The van der Waals surface area contributed by atoms with Crippen LogP contribution in [-0.4, -0.2) is 54.4 Å². The van der Waals surface area contributed by atoms with E-state index < -0.39 is 4.92 Å². The van der Waals surface area contributed by atoms with Crippen LogP contribution >= 0.6 is 0 Å². The van der Waals surface area contributed by atoms with Gasteiger partial charge in [-0.05, 0) is 25.7 Å². The van der Waals surface area contributed by atoms with Gasteiger partial charge in [0.05, 0.1) is 17.2 Å². The second-order valence-electron chi connectivity index (χ2n) is 5.24. The summed E-state index contributed by atoms with van der Waals surface area (Å²) in [6.45, 7) is 3.73. The zero-order chi connectivity index (χ0) is 14.4. The first-order valence-electron chi connectivity index (χ1n) is 7.12. The van der Waals surface area contributed by atoms with Gasteiger partial charge in [-0.25, -0.2) is 0 Å². The number of nitrogens with two attached hydrogens (primary N) is 1. The third-order valence-electron chi connectivity index (χ3n) is 4.01. The monoisotopic (exact) mass is 282 g/mol. The average Bonchev–Trinajstić information content (AvgIpc) is 2.49. The van der Waals surface area contributed by atoms with Gasteiger partial charge >= 0.3 is 5.70 Å². The van der Waals surface area contributed by atoms with E-state index in [0.717, 1.165) is 58.2 Å². The highest BCUT2D eigenvalue weighted by molar-refractivity contribution is 5.75. The van der Waals surface area contributed by atoms with Crippen LogP contribution in [0.1, 0.15) is 25.7 Å². The lowest BCUT2D eigenvalue weighted by Crippen LogP contribution is -2.44. The molecule has 112 valence electrons. The van der Waals surface area contributed by atoms with Crippen LogP contribution in [-0.2, 0) is 4.74 Å². The Morgan fingerprint density at radius 3 is 2.50 bits per heavy atom. The van der Waals surface area contributed by atoms with Crippen LogP contribution in [0.25, 0.3) is 0 Å². The van der Waals surface area contributed by atoms with E-state index in [1.807, 2.05) is 0 Å². The molecule has 2 aliphatic heterocycles. The molecule has 2 aliphatic rings. The summed E-state index contributed by atoms with van der Waals surface area (Å²) in [5.41, 5.74) is 5.05. The fourth-order valence-electron chi connectivity index (χ4n) is 2.78. The fraction of sp³-hybridized carbons (Fsp3) is 0.769. The Morgan fingerprint density at radius 2 is 1.95 bits per heavy atom. The molecule has 0 bridgehead atoms. The molecule has 0 radical (unpaired) electrons. The maximum Gasteiger partial charge on any atom is 0.302 e. The molecule has 7 nitrogen and oxygen atoms in total. The molecule has 2 N–H and O–H groups in total. The Morgan fingerprint density at radius 1 is 1.30 bits per heavy atom. The maximum atomic E-state index is 10.6. The van der Waals surface area contributed by atoms with E-state index in [4.69, 9.17) is 10.5 Å². The predicted molar refractivity (Wildman–Crippen MR) is 76.2 cm³/mol. The number of hydrogen-bond acceptors (Lipinski definition) is 6. The summed E-state index contributed by atoms with van der Waals surface area (Å²) in [4.78, 5) is 16.9. The van der Waals surface area contributed by atoms with Gasteiger partial charge in [0.1, 0.15) is 6.21 Å². The van der Waals surface area contributed by atoms with E-state index in [2.05, 4.69) is 9.89 Å². The number of nitro groups is 1. The SMILES string of the molecule is N/C=C(\C=NC1CCN(C2CCOCC2)CC1)[N+](=O)[O-]. The Kier molecular flexibility index (Phi) is 5.49. The molecule has 0 amide bonds. The molecule has 0 saturated carbocycles. The first-order chi connectivity index (χ1) is 9.70. The molecule has 2 saturated heterocycles. The quantitative estimate of drug-likeness (QED) is 0.467. The number of aliphatic imine (C=N–C) groups is 1. The molecule has 2 heterocycles. The molecule has 0 spiro atoms. The normalized spacial score (nSPS) is 24.3. The van der Waals surface area contributed by atoms with Crippen molar-refractivity contribution in [2.75, 3.05) is 26.3 Å². The van der Waals surface area contributed by atoms with E-state index in [1.165, 1.54) is 6.21 Å². The van der Waals surface area contributed by atoms with E-state index in [9.17, 15) is 10.1 Å². The van der Waals surface area contributed by atoms with Crippen LogP contribution in [0.15, 0.2) is 16.9 Å². The van der Waals surface area contributed by atoms with Crippen LogP contribution in [0, 0.1) is 10.1 Å². The number of nitrogens with zero attached hydrogens (tertiary/aromatic N) is 3. The van der Waals surface area contributed by atoms with Crippen molar-refractivity contribution < 1.29 is 9.66 Å². The maximum absolute atomic E-state index is 10.6. The lowest BCUT2D eigenvalue weighted by molar-refractivity contribution is -0.414. The summed E-state index contributed by atoms with van der Waals surface area (Å²) >= 11 is 0. The summed E-state index contributed by atoms with van der Waals surface area (Å²) in [5.74, 6) is 0. The van der Waals surface area contributed by atoms with Gasteiger partial charge in [-0.3, -0.25) is 15.1 Å². The third-order valence-corrected chi connectivity index (χ3v) is 4.01. The third kappa shape index (κ3) is 4.01. The van der Waals surface area contributed by atoms with E-state index in [0.29, 0.717) is 6.04 Å². The summed E-state index contributed by atoms with van der Waals surface area (Å²) < 4.78 is 5.38. The Hall–Kier alpha value is -1.47. The zero-order valence-electron chi connectivity index (χ0n) is 11.6. The van der Waals surface area contributed by atoms with E-state index >= 15 is 0 Å². The number of piperidine rings is 1. The standard InChI is InChI=1S/C13H22N4O3/c14-9-13(17(18)19)10-15-11-1-5-16(6-2-11)12-3-7-20-8-4-12/h9-12H,1-8,14H2/b13-9+,15-10?.